The van der Waals surface area contributed by atoms with E-state index in [-0.39, 0.29) is 53.2 Å². The molecule has 0 bridgehead atoms. The zero-order chi connectivity index (χ0) is 41.9. The Hall–Kier alpha value is -6.10. The fourth-order valence-corrected chi connectivity index (χ4v) is 9.85. The van der Waals surface area contributed by atoms with Gasteiger partial charge >= 0.3 is 6.03 Å². The number of fused-ring (bicyclic) bond motifs is 1. The molecule has 5 fully saturated rings. The first-order chi connectivity index (χ1) is 28.9. The number of rotatable bonds is 10. The van der Waals surface area contributed by atoms with Gasteiger partial charge in [-0.3, -0.25) is 34.2 Å². The minimum Gasteiger partial charge on any atom is -0.382 e. The maximum Gasteiger partial charge on any atom is 0.320 e. The van der Waals surface area contributed by atoms with E-state index >= 15 is 0 Å². The number of carbonyl (C=O) groups is 6. The summed E-state index contributed by atoms with van der Waals surface area (Å²) in [4.78, 5) is 94.8. The van der Waals surface area contributed by atoms with Crippen LogP contribution in [0, 0.1) is 0 Å². The Morgan fingerprint density at radius 3 is 2.38 bits per heavy atom. The van der Waals surface area contributed by atoms with Gasteiger partial charge in [-0.25, -0.2) is 14.8 Å². The van der Waals surface area contributed by atoms with E-state index in [0.717, 1.165) is 75.3 Å². The molecule has 2 aromatic carbocycles. The van der Waals surface area contributed by atoms with Crippen LogP contribution in [-0.2, 0) is 15.0 Å². The number of piperidine rings is 3. The van der Waals surface area contributed by atoms with Gasteiger partial charge in [0.1, 0.15) is 11.9 Å². The minimum absolute atomic E-state index is 0.0171. The summed E-state index contributed by atoms with van der Waals surface area (Å²) in [7, 11) is 1.83. The molecular weight excluding hydrogens is 767 g/mol. The summed E-state index contributed by atoms with van der Waals surface area (Å²) in [6.07, 6.45) is 7.42. The van der Waals surface area contributed by atoms with Crippen LogP contribution in [0.2, 0.25) is 0 Å². The van der Waals surface area contributed by atoms with Gasteiger partial charge in [0.15, 0.2) is 11.5 Å². The third-order valence-corrected chi connectivity index (χ3v) is 13.6. The highest BCUT2D eigenvalue weighted by Crippen LogP contribution is 2.40. The van der Waals surface area contributed by atoms with Gasteiger partial charge in [-0.2, -0.15) is 0 Å². The average molecular weight is 818 g/mol. The summed E-state index contributed by atoms with van der Waals surface area (Å²) >= 11 is 0. The molecule has 0 radical (unpaired) electrons. The first kappa shape index (κ1) is 39.4. The van der Waals surface area contributed by atoms with Crippen molar-refractivity contribution >= 4 is 58.6 Å². The molecule has 2 atom stereocenters. The van der Waals surface area contributed by atoms with Crippen molar-refractivity contribution in [1.82, 2.24) is 34.9 Å². The second-order valence-electron chi connectivity index (χ2n) is 17.4. The third-order valence-electron chi connectivity index (χ3n) is 13.6. The second kappa shape index (κ2) is 15.5. The Bertz CT molecular complexity index is 2250. The van der Waals surface area contributed by atoms with Gasteiger partial charge in [0.25, 0.3) is 17.7 Å². The smallest absolute Gasteiger partial charge is 0.320 e. The molecule has 0 spiro atoms. The quantitative estimate of drug-likeness (QED) is 0.218. The Morgan fingerprint density at radius 1 is 0.917 bits per heavy atom. The maximum absolute atomic E-state index is 13.6. The summed E-state index contributed by atoms with van der Waals surface area (Å²) in [6.45, 7) is 7.06. The summed E-state index contributed by atoms with van der Waals surface area (Å²) in [5, 5.41) is 9.06. The lowest BCUT2D eigenvalue weighted by Crippen LogP contribution is -2.54. The maximum atomic E-state index is 13.6. The number of carbonyl (C=O) groups excluding carboxylic acids is 6. The van der Waals surface area contributed by atoms with E-state index in [1.807, 2.05) is 30.1 Å². The monoisotopic (exact) mass is 817 g/mol. The highest BCUT2D eigenvalue weighted by Gasteiger charge is 2.46. The van der Waals surface area contributed by atoms with Crippen LogP contribution in [0.5, 0.6) is 0 Å². The Kier molecular flexibility index (Phi) is 10.2. The largest absolute Gasteiger partial charge is 0.382 e. The molecule has 17 heteroatoms. The molecule has 1 aliphatic carbocycles. The topological polar surface area (TPSA) is 207 Å². The van der Waals surface area contributed by atoms with Crippen LogP contribution < -0.4 is 26.6 Å². The molecule has 9 rings (SSSR count). The number of aromatic nitrogens is 2. The minimum atomic E-state index is -0.999. The number of nitrogens with zero attached hydrogens (tertiary/aromatic N) is 7. The van der Waals surface area contributed by atoms with E-state index in [2.05, 4.69) is 49.8 Å². The molecule has 4 saturated heterocycles. The number of amides is 7. The lowest BCUT2D eigenvalue weighted by atomic mass is 9.73. The highest BCUT2D eigenvalue weighted by molar-refractivity contribution is 6.25. The van der Waals surface area contributed by atoms with Crippen LogP contribution >= 0.6 is 0 Å². The summed E-state index contributed by atoms with van der Waals surface area (Å²) in [6, 6.07) is 13.1. The van der Waals surface area contributed by atoms with Gasteiger partial charge in [0.05, 0.1) is 23.4 Å². The molecule has 1 saturated carbocycles. The van der Waals surface area contributed by atoms with Crippen molar-refractivity contribution in [2.24, 2.45) is 5.73 Å². The Balaban J connectivity index is 0.791. The molecule has 6 heterocycles. The van der Waals surface area contributed by atoms with Gasteiger partial charge in [0, 0.05) is 63.1 Å². The number of urea groups is 1. The molecule has 6 aliphatic rings. The number of nitrogens with two attached hydrogens (primary N) is 1. The van der Waals surface area contributed by atoms with Crippen molar-refractivity contribution in [1.29, 1.82) is 0 Å². The first-order valence-corrected chi connectivity index (χ1v) is 21.0. The molecule has 17 nitrogen and oxygen atoms in total. The third kappa shape index (κ3) is 7.17. The zero-order valence-corrected chi connectivity index (χ0v) is 34.0. The van der Waals surface area contributed by atoms with Gasteiger partial charge in [-0.05, 0) is 93.3 Å². The van der Waals surface area contributed by atoms with Crippen LogP contribution in [0.25, 0.3) is 0 Å². The number of likely N-dealkylation sites (N-methyl/N-ethyl adjacent to an activating group) is 1. The number of primary amides is 1. The number of hydrogen-bond acceptors (Lipinski definition) is 12. The van der Waals surface area contributed by atoms with Crippen molar-refractivity contribution in [2.75, 3.05) is 61.8 Å². The van der Waals surface area contributed by atoms with Gasteiger partial charge in [0.2, 0.25) is 11.8 Å². The van der Waals surface area contributed by atoms with E-state index in [9.17, 15) is 28.8 Å². The van der Waals surface area contributed by atoms with Crippen molar-refractivity contribution in [3.05, 3.63) is 71.0 Å². The van der Waals surface area contributed by atoms with Crippen LogP contribution in [0.4, 0.5) is 27.8 Å². The highest BCUT2D eigenvalue weighted by atomic mass is 16.2. The van der Waals surface area contributed by atoms with Crippen LogP contribution in [0.3, 0.4) is 0 Å². The van der Waals surface area contributed by atoms with Crippen molar-refractivity contribution in [2.45, 2.75) is 87.9 Å². The van der Waals surface area contributed by atoms with E-state index in [4.69, 9.17) is 10.7 Å². The zero-order valence-electron chi connectivity index (χ0n) is 34.0. The lowest BCUT2D eigenvalue weighted by Gasteiger charge is -2.48. The predicted molar refractivity (Wildman–Crippen MR) is 222 cm³/mol. The molecule has 5 aliphatic heterocycles. The lowest BCUT2D eigenvalue weighted by molar-refractivity contribution is -0.136. The van der Waals surface area contributed by atoms with Gasteiger partial charge in [-0.15, -0.1) is 0 Å². The molecule has 3 aromatic rings. The van der Waals surface area contributed by atoms with Crippen LogP contribution in [0.15, 0.2) is 48.7 Å². The molecule has 7 amide bonds. The van der Waals surface area contributed by atoms with E-state index in [1.165, 1.54) is 5.56 Å². The van der Waals surface area contributed by atoms with Crippen molar-refractivity contribution < 1.29 is 28.8 Å². The molecular formula is C43H51N11O6. The number of imide groups is 2. The number of benzene rings is 2. The Morgan fingerprint density at radius 2 is 1.68 bits per heavy atom. The molecule has 60 heavy (non-hydrogen) atoms. The van der Waals surface area contributed by atoms with Crippen molar-refractivity contribution in [3.63, 3.8) is 0 Å². The van der Waals surface area contributed by atoms with E-state index < -0.39 is 35.6 Å². The normalized spacial score (nSPS) is 25.6. The van der Waals surface area contributed by atoms with Crippen LogP contribution in [0.1, 0.15) is 95.1 Å². The van der Waals surface area contributed by atoms with Crippen molar-refractivity contribution in [3.8, 4) is 0 Å². The Labute approximate surface area is 348 Å². The molecule has 5 N–H and O–H groups in total. The average Bonchev–Trinajstić information content (AvgIpc) is 3.70. The van der Waals surface area contributed by atoms with E-state index in [0.29, 0.717) is 36.5 Å². The van der Waals surface area contributed by atoms with Gasteiger partial charge < -0.3 is 36.0 Å². The number of likely N-dealkylation sites (tertiary alicyclic amines) is 1. The van der Waals surface area contributed by atoms with Crippen LogP contribution in [-0.4, -0.2) is 136 Å². The second-order valence-corrected chi connectivity index (χ2v) is 17.4. The van der Waals surface area contributed by atoms with Gasteiger partial charge in [-0.1, -0.05) is 25.1 Å². The molecule has 314 valence electrons. The summed E-state index contributed by atoms with van der Waals surface area (Å²) < 4.78 is 0. The fraction of sp³-hybridized carbons (Fsp3) is 0.488. The predicted octanol–water partition coefficient (Wildman–Crippen LogP) is 3.05. The first-order valence-electron chi connectivity index (χ1n) is 21.0. The summed E-state index contributed by atoms with van der Waals surface area (Å²) in [5.74, 6) is -1.78. The number of anilines is 4. The molecule has 1 unspecified atom stereocenters. The fourth-order valence-electron chi connectivity index (χ4n) is 9.85. The standard InChI is InChI=1S/C43H51N11O6/c1-43(25-8-10-26(11-9-25)47-38-36(37(44)56)45-23-33(48-38)52-16-4-5-28(24-52)53-20-19-50(2)42(53)60)14-17-51(18-15-43)29-21-27(22-29)46-31-7-3-6-30-35(31)41(59)54(40(30)58)32-12-13-34(55)49-39(32)57/h3,6-11,23,27-29,32,46H,4-5,12-22,24H2,1-2H3,(H2,44,56)(H,47,48)(H,49,55,57)/t27-,28-,29-,32?/m0/s1. The number of hydrogen-bond donors (Lipinski definition) is 4. The number of nitrogens with one attached hydrogen (secondary N) is 3. The molecule has 1 aromatic heterocycles. The summed E-state index contributed by atoms with van der Waals surface area (Å²) in [5.41, 5.74) is 8.93. The SMILES string of the molecule is CN1CCN([C@H]2CCCN(c3cnc(C(N)=O)c(Nc4ccc(C5(C)CCN([C@H]6C[C@H](Nc7cccc8c7C(=O)N(C7CCC(=O)NC7=O)C8=O)C6)CC5)cc4)n3)C2)C1=O. The van der Waals surface area contributed by atoms with E-state index in [1.54, 1.807) is 23.2 Å².